The summed E-state index contributed by atoms with van der Waals surface area (Å²) in [7, 11) is 0. The smallest absolute Gasteiger partial charge is 0.321 e. The number of benzene rings is 2. The third-order valence-electron chi connectivity index (χ3n) is 5.92. The molecule has 5 nitrogen and oxygen atoms in total. The highest BCUT2D eigenvalue weighted by molar-refractivity contribution is 5.89. The Balaban J connectivity index is 1.42. The molecule has 2 N–H and O–H groups in total. The van der Waals surface area contributed by atoms with Crippen molar-refractivity contribution in [3.8, 4) is 0 Å². The topological polar surface area (TPSA) is 61.4 Å². The van der Waals surface area contributed by atoms with Crippen LogP contribution in [0.2, 0.25) is 0 Å². The van der Waals surface area contributed by atoms with Crippen LogP contribution in [0.5, 0.6) is 0 Å². The lowest BCUT2D eigenvalue weighted by Gasteiger charge is -2.32. The molecule has 5 heteroatoms. The number of amides is 3. The number of urea groups is 1. The summed E-state index contributed by atoms with van der Waals surface area (Å²) < 4.78 is 0. The molecule has 0 unspecified atom stereocenters. The van der Waals surface area contributed by atoms with Gasteiger partial charge in [0.05, 0.1) is 0 Å². The Kier molecular flexibility index (Phi) is 7.50. The van der Waals surface area contributed by atoms with Gasteiger partial charge in [-0.1, -0.05) is 30.3 Å². The number of likely N-dealkylation sites (tertiary alicyclic amines) is 1. The molecule has 3 rings (SSSR count). The molecule has 30 heavy (non-hydrogen) atoms. The summed E-state index contributed by atoms with van der Waals surface area (Å²) in [4.78, 5) is 26.8. The van der Waals surface area contributed by atoms with Crippen molar-refractivity contribution >= 4 is 17.6 Å². The number of hydrogen-bond donors (Lipinski definition) is 2. The molecule has 1 heterocycles. The van der Waals surface area contributed by atoms with Crippen molar-refractivity contribution in [2.24, 2.45) is 5.92 Å². The van der Waals surface area contributed by atoms with Crippen LogP contribution in [0.1, 0.15) is 47.9 Å². The molecule has 3 amide bonds. The van der Waals surface area contributed by atoms with Gasteiger partial charge >= 0.3 is 6.03 Å². The minimum absolute atomic E-state index is 0.0514. The first-order valence-electron chi connectivity index (χ1n) is 10.9. The molecule has 1 saturated heterocycles. The maximum Gasteiger partial charge on any atom is 0.321 e. The van der Waals surface area contributed by atoms with Crippen LogP contribution in [0.25, 0.3) is 0 Å². The highest BCUT2D eigenvalue weighted by Crippen LogP contribution is 2.22. The Bertz CT molecular complexity index is 894. The van der Waals surface area contributed by atoms with Crippen LogP contribution in [0.15, 0.2) is 42.5 Å². The first kappa shape index (κ1) is 21.9. The lowest BCUT2D eigenvalue weighted by atomic mass is 9.93. The highest BCUT2D eigenvalue weighted by atomic mass is 16.2. The van der Waals surface area contributed by atoms with Gasteiger partial charge in [-0.15, -0.1) is 0 Å². The van der Waals surface area contributed by atoms with Gasteiger partial charge in [0.25, 0.3) is 0 Å². The average Bonchev–Trinajstić information content (AvgIpc) is 2.73. The van der Waals surface area contributed by atoms with Crippen LogP contribution >= 0.6 is 0 Å². The number of carbonyl (C=O) groups excluding carboxylic acids is 2. The number of nitrogens with zero attached hydrogens (tertiary/aromatic N) is 1. The van der Waals surface area contributed by atoms with Crippen molar-refractivity contribution in [1.82, 2.24) is 10.2 Å². The van der Waals surface area contributed by atoms with Crippen LogP contribution in [0, 0.1) is 26.7 Å². The maximum absolute atomic E-state index is 12.6. The second-order valence-electron chi connectivity index (χ2n) is 8.49. The minimum Gasteiger partial charge on any atom is -0.352 e. The summed E-state index contributed by atoms with van der Waals surface area (Å²) in [5, 5.41) is 6.02. The number of hydrogen-bond acceptors (Lipinski definition) is 2. The lowest BCUT2D eigenvalue weighted by Crippen LogP contribution is -2.42. The summed E-state index contributed by atoms with van der Waals surface area (Å²) in [5.74, 6) is 0.448. The van der Waals surface area contributed by atoms with Crippen LogP contribution in [-0.2, 0) is 11.3 Å². The van der Waals surface area contributed by atoms with Crippen LogP contribution in [0.3, 0.4) is 0 Å². The summed E-state index contributed by atoms with van der Waals surface area (Å²) in [6.07, 6.45) is 3.37. The number of carbonyl (C=O) groups is 2. The number of rotatable bonds is 6. The van der Waals surface area contributed by atoms with E-state index in [2.05, 4.69) is 42.7 Å². The standard InChI is InChI=1S/C25H33N3O2/c1-18-6-4-8-23(14-18)27-25(30)28-13-5-7-21(17-28)11-12-24(29)26-16-22-10-9-19(2)20(3)15-22/h4,6,8-10,14-15,21H,5,7,11-13,16-17H2,1-3H3,(H,26,29)(H,27,30)/t21-/m0/s1. The molecular formula is C25H33N3O2. The second kappa shape index (κ2) is 10.3. The molecule has 0 spiro atoms. The van der Waals surface area contributed by atoms with E-state index in [1.807, 2.05) is 36.1 Å². The summed E-state index contributed by atoms with van der Waals surface area (Å²) in [6.45, 7) is 8.24. The molecule has 0 aromatic heterocycles. The molecule has 1 atom stereocenters. The van der Waals surface area contributed by atoms with Gasteiger partial charge in [0.1, 0.15) is 0 Å². The highest BCUT2D eigenvalue weighted by Gasteiger charge is 2.24. The van der Waals surface area contributed by atoms with E-state index in [1.54, 1.807) is 0 Å². The Morgan fingerprint density at radius 1 is 1.07 bits per heavy atom. The van der Waals surface area contributed by atoms with Gasteiger partial charge in [0, 0.05) is 31.7 Å². The monoisotopic (exact) mass is 407 g/mol. The van der Waals surface area contributed by atoms with Gasteiger partial charge in [-0.3, -0.25) is 4.79 Å². The average molecular weight is 408 g/mol. The van der Waals surface area contributed by atoms with Gasteiger partial charge in [-0.2, -0.15) is 0 Å². The molecule has 2 aromatic rings. The zero-order chi connectivity index (χ0) is 21.5. The molecule has 0 radical (unpaired) electrons. The predicted octanol–water partition coefficient (Wildman–Crippen LogP) is 4.95. The summed E-state index contributed by atoms with van der Waals surface area (Å²) >= 11 is 0. The van der Waals surface area contributed by atoms with E-state index in [1.165, 1.54) is 11.1 Å². The zero-order valence-electron chi connectivity index (χ0n) is 18.3. The molecule has 2 aromatic carbocycles. The van der Waals surface area contributed by atoms with E-state index in [-0.39, 0.29) is 11.9 Å². The fourth-order valence-corrected chi connectivity index (χ4v) is 3.95. The number of aryl methyl sites for hydroxylation is 3. The zero-order valence-corrected chi connectivity index (χ0v) is 18.3. The van der Waals surface area contributed by atoms with E-state index in [0.29, 0.717) is 25.4 Å². The Hall–Kier alpha value is -2.82. The number of nitrogens with one attached hydrogen (secondary N) is 2. The second-order valence-corrected chi connectivity index (χ2v) is 8.49. The summed E-state index contributed by atoms with van der Waals surface area (Å²) in [6, 6.07) is 14.1. The van der Waals surface area contributed by atoms with Crippen molar-refractivity contribution in [1.29, 1.82) is 0 Å². The number of anilines is 1. The van der Waals surface area contributed by atoms with Crippen molar-refractivity contribution in [3.63, 3.8) is 0 Å². The fraction of sp³-hybridized carbons (Fsp3) is 0.440. The normalized spacial score (nSPS) is 16.2. The first-order chi connectivity index (χ1) is 14.4. The summed E-state index contributed by atoms with van der Waals surface area (Å²) in [5.41, 5.74) is 5.58. The fourth-order valence-electron chi connectivity index (χ4n) is 3.95. The van der Waals surface area contributed by atoms with E-state index >= 15 is 0 Å². The first-order valence-corrected chi connectivity index (χ1v) is 10.9. The van der Waals surface area contributed by atoms with Gasteiger partial charge in [-0.05, 0) is 80.3 Å². The van der Waals surface area contributed by atoms with Crippen molar-refractivity contribution in [2.75, 3.05) is 18.4 Å². The molecular weight excluding hydrogens is 374 g/mol. The molecule has 160 valence electrons. The molecule has 0 bridgehead atoms. The Labute approximate surface area is 179 Å². The van der Waals surface area contributed by atoms with E-state index in [0.717, 1.165) is 42.6 Å². The van der Waals surface area contributed by atoms with Crippen molar-refractivity contribution in [3.05, 3.63) is 64.7 Å². The third-order valence-corrected chi connectivity index (χ3v) is 5.92. The van der Waals surface area contributed by atoms with E-state index < -0.39 is 0 Å². The molecule has 1 aliphatic heterocycles. The minimum atomic E-state index is -0.0514. The van der Waals surface area contributed by atoms with Crippen molar-refractivity contribution in [2.45, 2.75) is 53.0 Å². The van der Waals surface area contributed by atoms with E-state index in [4.69, 9.17) is 0 Å². The molecule has 0 saturated carbocycles. The number of piperidine rings is 1. The molecule has 0 aliphatic carbocycles. The third kappa shape index (κ3) is 6.34. The Morgan fingerprint density at radius 3 is 2.67 bits per heavy atom. The Morgan fingerprint density at radius 2 is 1.90 bits per heavy atom. The van der Waals surface area contributed by atoms with Crippen LogP contribution in [-0.4, -0.2) is 29.9 Å². The van der Waals surface area contributed by atoms with Crippen LogP contribution < -0.4 is 10.6 Å². The lowest BCUT2D eigenvalue weighted by molar-refractivity contribution is -0.121. The maximum atomic E-state index is 12.6. The van der Waals surface area contributed by atoms with Crippen LogP contribution in [0.4, 0.5) is 10.5 Å². The quantitative estimate of drug-likeness (QED) is 0.711. The van der Waals surface area contributed by atoms with Gasteiger partial charge in [-0.25, -0.2) is 4.79 Å². The van der Waals surface area contributed by atoms with Gasteiger partial charge < -0.3 is 15.5 Å². The van der Waals surface area contributed by atoms with Gasteiger partial charge in [0.2, 0.25) is 5.91 Å². The molecule has 1 fully saturated rings. The predicted molar refractivity (Wildman–Crippen MR) is 121 cm³/mol. The van der Waals surface area contributed by atoms with E-state index in [9.17, 15) is 9.59 Å². The molecule has 1 aliphatic rings. The van der Waals surface area contributed by atoms with Gasteiger partial charge in [0.15, 0.2) is 0 Å². The largest absolute Gasteiger partial charge is 0.352 e. The SMILES string of the molecule is Cc1cccc(NC(=O)N2CCC[C@@H](CCC(=O)NCc3ccc(C)c(C)c3)C2)c1. The van der Waals surface area contributed by atoms with Crippen molar-refractivity contribution < 1.29 is 9.59 Å².